The Labute approximate surface area is 101 Å². The molecule has 1 aliphatic heterocycles. The maximum Gasteiger partial charge on any atom is 0.211 e. The Morgan fingerprint density at radius 1 is 1.44 bits per heavy atom. The third-order valence-corrected chi connectivity index (χ3v) is 4.18. The number of alkyl halides is 1. The number of hydrogen-bond donors (Lipinski definition) is 2. The Balaban J connectivity index is 2.30. The van der Waals surface area contributed by atoms with Crippen LogP contribution in [0.5, 0.6) is 0 Å². The van der Waals surface area contributed by atoms with Gasteiger partial charge in [-0.05, 0) is 12.8 Å². The van der Waals surface area contributed by atoms with Crippen molar-refractivity contribution in [1.82, 2.24) is 4.72 Å². The smallest absolute Gasteiger partial charge is 0.211 e. The number of rotatable bonds is 7. The number of aliphatic hydroxyl groups is 1. The fourth-order valence-electron chi connectivity index (χ4n) is 1.44. The zero-order chi connectivity index (χ0) is 12.1. The molecular formula is C9H18ClNO4S. The van der Waals surface area contributed by atoms with Crippen LogP contribution in [0.1, 0.15) is 19.3 Å². The van der Waals surface area contributed by atoms with Crippen LogP contribution in [0, 0.1) is 0 Å². The molecule has 0 aromatic rings. The van der Waals surface area contributed by atoms with Crippen LogP contribution in [0.4, 0.5) is 0 Å². The minimum Gasteiger partial charge on any atom is -0.386 e. The molecule has 1 fully saturated rings. The van der Waals surface area contributed by atoms with E-state index in [-0.39, 0.29) is 18.9 Å². The minimum atomic E-state index is -3.30. The molecule has 1 saturated heterocycles. The van der Waals surface area contributed by atoms with E-state index >= 15 is 0 Å². The van der Waals surface area contributed by atoms with Crippen molar-refractivity contribution in [2.75, 3.05) is 31.4 Å². The van der Waals surface area contributed by atoms with Gasteiger partial charge in [0.15, 0.2) is 0 Å². The second kappa shape index (κ2) is 6.16. The summed E-state index contributed by atoms with van der Waals surface area (Å²) in [5.41, 5.74) is -1.04. The minimum absolute atomic E-state index is 0.0240. The first-order chi connectivity index (χ1) is 7.47. The lowest BCUT2D eigenvalue weighted by atomic mass is 10.1. The Morgan fingerprint density at radius 3 is 2.75 bits per heavy atom. The summed E-state index contributed by atoms with van der Waals surface area (Å²) in [5, 5.41) is 9.85. The molecule has 1 atom stereocenters. The van der Waals surface area contributed by atoms with E-state index in [0.717, 1.165) is 0 Å². The van der Waals surface area contributed by atoms with Crippen LogP contribution in [-0.2, 0) is 14.8 Å². The average molecular weight is 272 g/mol. The molecule has 0 aromatic carbocycles. The molecule has 0 radical (unpaired) electrons. The third kappa shape index (κ3) is 4.97. The first-order valence-electron chi connectivity index (χ1n) is 5.31. The summed E-state index contributed by atoms with van der Waals surface area (Å²) in [5.74, 6) is 0.518. The molecule has 7 heteroatoms. The molecule has 0 aliphatic carbocycles. The van der Waals surface area contributed by atoms with E-state index in [1.807, 2.05) is 0 Å². The molecule has 0 spiro atoms. The highest BCUT2D eigenvalue weighted by Crippen LogP contribution is 2.17. The third-order valence-electron chi connectivity index (χ3n) is 2.50. The lowest BCUT2D eigenvalue weighted by Crippen LogP contribution is -2.43. The first-order valence-corrected chi connectivity index (χ1v) is 7.50. The van der Waals surface area contributed by atoms with Gasteiger partial charge in [0.1, 0.15) is 5.60 Å². The second-order valence-corrected chi connectivity index (χ2v) is 6.37. The van der Waals surface area contributed by atoms with Crippen molar-refractivity contribution in [1.29, 1.82) is 0 Å². The van der Waals surface area contributed by atoms with E-state index in [1.54, 1.807) is 0 Å². The zero-order valence-corrected chi connectivity index (χ0v) is 10.7. The molecule has 0 bridgehead atoms. The Kier molecular flexibility index (Phi) is 5.46. The highest BCUT2D eigenvalue weighted by Gasteiger charge is 2.33. The van der Waals surface area contributed by atoms with E-state index in [2.05, 4.69) is 4.72 Å². The van der Waals surface area contributed by atoms with Gasteiger partial charge < -0.3 is 9.84 Å². The van der Waals surface area contributed by atoms with Crippen LogP contribution in [0.25, 0.3) is 0 Å². The van der Waals surface area contributed by atoms with Crippen molar-refractivity contribution in [3.8, 4) is 0 Å². The topological polar surface area (TPSA) is 75.6 Å². The van der Waals surface area contributed by atoms with E-state index in [0.29, 0.717) is 31.7 Å². The monoisotopic (exact) mass is 271 g/mol. The summed E-state index contributed by atoms with van der Waals surface area (Å²) >= 11 is 5.46. The molecule has 0 saturated carbocycles. The van der Waals surface area contributed by atoms with Crippen molar-refractivity contribution >= 4 is 21.6 Å². The molecule has 1 unspecified atom stereocenters. The molecule has 96 valence electrons. The van der Waals surface area contributed by atoms with Crippen molar-refractivity contribution in [3.63, 3.8) is 0 Å². The summed E-state index contributed by atoms with van der Waals surface area (Å²) in [6, 6.07) is 0. The molecule has 16 heavy (non-hydrogen) atoms. The van der Waals surface area contributed by atoms with E-state index in [4.69, 9.17) is 16.3 Å². The van der Waals surface area contributed by atoms with Crippen LogP contribution in [0.3, 0.4) is 0 Å². The fourth-order valence-corrected chi connectivity index (χ4v) is 2.84. The van der Waals surface area contributed by atoms with Gasteiger partial charge in [0.2, 0.25) is 10.0 Å². The van der Waals surface area contributed by atoms with Gasteiger partial charge in [-0.2, -0.15) is 0 Å². The fraction of sp³-hybridized carbons (Fsp3) is 1.00. The standard InChI is InChI=1S/C9H18ClNO4S/c10-4-1-2-6-16(13,14)11-7-9(12)3-5-15-8-9/h11-12H,1-8H2. The SMILES string of the molecule is O=S(=O)(CCCCCl)NCC1(O)CCOC1. The number of ether oxygens (including phenoxy) is 1. The Bertz CT molecular complexity index is 301. The summed E-state index contributed by atoms with van der Waals surface area (Å²) < 4.78 is 30.4. The van der Waals surface area contributed by atoms with Crippen molar-refractivity contribution in [2.45, 2.75) is 24.9 Å². The van der Waals surface area contributed by atoms with Gasteiger partial charge in [-0.3, -0.25) is 0 Å². The molecule has 1 rings (SSSR count). The number of nitrogens with one attached hydrogen (secondary N) is 1. The highest BCUT2D eigenvalue weighted by atomic mass is 35.5. The Morgan fingerprint density at radius 2 is 2.19 bits per heavy atom. The van der Waals surface area contributed by atoms with Gasteiger partial charge in [0.25, 0.3) is 0 Å². The van der Waals surface area contributed by atoms with Crippen LogP contribution in [0.2, 0.25) is 0 Å². The summed E-state index contributed by atoms with van der Waals surface area (Å²) in [6.45, 7) is 0.692. The molecule has 1 aliphatic rings. The van der Waals surface area contributed by atoms with Crippen LogP contribution in [0.15, 0.2) is 0 Å². The molecule has 0 aromatic heterocycles. The largest absolute Gasteiger partial charge is 0.386 e. The van der Waals surface area contributed by atoms with Gasteiger partial charge in [0, 0.05) is 25.5 Å². The predicted octanol–water partition coefficient (Wildman–Crippen LogP) is 0.0762. The zero-order valence-electron chi connectivity index (χ0n) is 9.12. The lowest BCUT2D eigenvalue weighted by Gasteiger charge is -2.20. The van der Waals surface area contributed by atoms with Gasteiger partial charge in [-0.15, -0.1) is 11.6 Å². The highest BCUT2D eigenvalue weighted by molar-refractivity contribution is 7.89. The summed E-state index contributed by atoms with van der Waals surface area (Å²) in [4.78, 5) is 0. The molecular weight excluding hydrogens is 254 g/mol. The van der Waals surface area contributed by atoms with Gasteiger partial charge in [-0.25, -0.2) is 13.1 Å². The molecule has 2 N–H and O–H groups in total. The maximum atomic E-state index is 11.5. The first kappa shape index (κ1) is 14.2. The van der Waals surface area contributed by atoms with Crippen molar-refractivity contribution in [3.05, 3.63) is 0 Å². The Hall–Kier alpha value is 0.120. The van der Waals surface area contributed by atoms with Gasteiger partial charge in [-0.1, -0.05) is 0 Å². The summed E-state index contributed by atoms with van der Waals surface area (Å²) in [6.07, 6.45) is 1.68. The van der Waals surface area contributed by atoms with Crippen LogP contribution in [-0.4, -0.2) is 50.5 Å². The number of hydrogen-bond acceptors (Lipinski definition) is 4. The van der Waals surface area contributed by atoms with E-state index in [1.165, 1.54) is 0 Å². The van der Waals surface area contributed by atoms with Crippen LogP contribution >= 0.6 is 11.6 Å². The summed E-state index contributed by atoms with van der Waals surface area (Å²) in [7, 11) is -3.30. The lowest BCUT2D eigenvalue weighted by molar-refractivity contribution is 0.0314. The maximum absolute atomic E-state index is 11.5. The van der Waals surface area contributed by atoms with Crippen molar-refractivity contribution < 1.29 is 18.3 Å². The molecule has 5 nitrogen and oxygen atoms in total. The quantitative estimate of drug-likeness (QED) is 0.508. The molecule has 1 heterocycles. The number of unbranched alkanes of at least 4 members (excludes halogenated alkanes) is 1. The van der Waals surface area contributed by atoms with Crippen LogP contribution < -0.4 is 4.72 Å². The van der Waals surface area contributed by atoms with E-state index in [9.17, 15) is 13.5 Å². The van der Waals surface area contributed by atoms with Crippen molar-refractivity contribution in [2.24, 2.45) is 0 Å². The van der Waals surface area contributed by atoms with Gasteiger partial charge >= 0.3 is 0 Å². The predicted molar refractivity (Wildman–Crippen MR) is 62.1 cm³/mol. The number of sulfonamides is 1. The number of halogens is 1. The average Bonchev–Trinajstić information content (AvgIpc) is 2.64. The van der Waals surface area contributed by atoms with Gasteiger partial charge in [0.05, 0.1) is 12.4 Å². The molecule has 0 amide bonds. The second-order valence-electron chi connectivity index (χ2n) is 4.06. The van der Waals surface area contributed by atoms with E-state index < -0.39 is 15.6 Å². The normalized spacial score (nSPS) is 26.1.